The minimum Gasteiger partial charge on any atom is -0.396 e. The van der Waals surface area contributed by atoms with E-state index >= 15 is 0 Å². The molecule has 0 spiro atoms. The molecule has 1 aliphatic rings. The Hall–Kier alpha value is -0.280. The van der Waals surface area contributed by atoms with Crippen LogP contribution in [0.4, 0.5) is 0 Å². The number of aliphatic hydroxyl groups excluding tert-OH is 1. The smallest absolute Gasteiger partial charge is 0.0440 e. The average Bonchev–Trinajstić information content (AvgIpc) is 2.41. The summed E-state index contributed by atoms with van der Waals surface area (Å²) in [6, 6.07) is 8.23. The van der Waals surface area contributed by atoms with Crippen molar-refractivity contribution in [1.82, 2.24) is 4.90 Å². The lowest BCUT2D eigenvalue weighted by molar-refractivity contribution is 0.199. The summed E-state index contributed by atoms with van der Waals surface area (Å²) in [6.07, 6.45) is 4.42. The van der Waals surface area contributed by atoms with Crippen LogP contribution in [0.3, 0.4) is 0 Å². The normalized spacial score (nSPS) is 17.2. The Morgan fingerprint density at radius 3 is 2.47 bits per heavy atom. The maximum Gasteiger partial charge on any atom is 0.0440 e. The van der Waals surface area contributed by atoms with Crippen LogP contribution >= 0.6 is 24.0 Å². The highest BCUT2D eigenvalue weighted by atomic mass is 35.5. The lowest BCUT2D eigenvalue weighted by atomic mass is 9.89. The summed E-state index contributed by atoms with van der Waals surface area (Å²) < 4.78 is 0. The third-order valence-electron chi connectivity index (χ3n) is 3.82. The van der Waals surface area contributed by atoms with Gasteiger partial charge in [-0.05, 0) is 62.9 Å². The van der Waals surface area contributed by atoms with Gasteiger partial charge in [-0.25, -0.2) is 0 Å². The highest BCUT2D eigenvalue weighted by Crippen LogP contribution is 2.32. The summed E-state index contributed by atoms with van der Waals surface area (Å²) in [5.74, 6) is 0.618. The molecule has 0 bridgehead atoms. The van der Waals surface area contributed by atoms with Crippen molar-refractivity contribution in [3.8, 4) is 0 Å². The zero-order chi connectivity index (χ0) is 12.8. The van der Waals surface area contributed by atoms with Gasteiger partial charge in [-0.15, -0.1) is 12.4 Å². The van der Waals surface area contributed by atoms with E-state index in [-0.39, 0.29) is 12.4 Å². The van der Waals surface area contributed by atoms with E-state index in [2.05, 4.69) is 17.0 Å². The number of rotatable bonds is 5. The van der Waals surface area contributed by atoms with Gasteiger partial charge in [0, 0.05) is 11.6 Å². The number of halogens is 2. The van der Waals surface area contributed by atoms with Gasteiger partial charge in [0.05, 0.1) is 0 Å². The molecule has 4 heteroatoms. The predicted molar refractivity (Wildman–Crippen MR) is 83.4 cm³/mol. The van der Waals surface area contributed by atoms with Crippen molar-refractivity contribution in [3.05, 3.63) is 34.9 Å². The molecule has 1 aromatic carbocycles. The van der Waals surface area contributed by atoms with E-state index in [0.29, 0.717) is 12.5 Å². The van der Waals surface area contributed by atoms with Gasteiger partial charge in [-0.3, -0.25) is 0 Å². The first-order valence-electron chi connectivity index (χ1n) is 6.89. The van der Waals surface area contributed by atoms with Crippen molar-refractivity contribution in [2.45, 2.75) is 31.6 Å². The molecule has 0 aliphatic carbocycles. The van der Waals surface area contributed by atoms with Crippen LogP contribution in [-0.2, 0) is 0 Å². The Kier molecular flexibility index (Phi) is 7.77. The molecule has 0 aromatic heterocycles. The van der Waals surface area contributed by atoms with Gasteiger partial charge < -0.3 is 10.0 Å². The first kappa shape index (κ1) is 16.8. The monoisotopic (exact) mass is 303 g/mol. The third kappa shape index (κ3) is 4.96. The summed E-state index contributed by atoms with van der Waals surface area (Å²) >= 11 is 6.25. The van der Waals surface area contributed by atoms with E-state index in [9.17, 15) is 0 Å². The fourth-order valence-corrected chi connectivity index (χ4v) is 3.01. The van der Waals surface area contributed by atoms with Crippen molar-refractivity contribution < 1.29 is 5.11 Å². The Balaban J connectivity index is 0.00000180. The van der Waals surface area contributed by atoms with E-state index in [1.165, 1.54) is 18.4 Å². The minimum atomic E-state index is 0. The standard InChI is InChI=1S/C15H22ClNO.ClH/c16-15-6-2-1-5-14(15)13-7-10-17(11-8-13)9-3-4-12-18;/h1-2,5-6,13,18H,3-4,7-12H2;1H. The minimum absolute atomic E-state index is 0. The SMILES string of the molecule is Cl.OCCCCN1CCC(c2ccccc2Cl)CC1. The fraction of sp³-hybridized carbons (Fsp3) is 0.600. The molecular weight excluding hydrogens is 281 g/mol. The van der Waals surface area contributed by atoms with Crippen LogP contribution in [-0.4, -0.2) is 36.2 Å². The van der Waals surface area contributed by atoms with Crippen molar-refractivity contribution >= 4 is 24.0 Å². The van der Waals surface area contributed by atoms with Crippen molar-refractivity contribution in [3.63, 3.8) is 0 Å². The zero-order valence-corrected chi connectivity index (χ0v) is 12.8. The first-order valence-corrected chi connectivity index (χ1v) is 7.26. The van der Waals surface area contributed by atoms with Crippen LogP contribution in [0, 0.1) is 0 Å². The zero-order valence-electron chi connectivity index (χ0n) is 11.2. The number of aliphatic hydroxyl groups is 1. The largest absolute Gasteiger partial charge is 0.396 e. The topological polar surface area (TPSA) is 23.5 Å². The van der Waals surface area contributed by atoms with Crippen molar-refractivity contribution in [2.24, 2.45) is 0 Å². The van der Waals surface area contributed by atoms with Crippen LogP contribution in [0.2, 0.25) is 5.02 Å². The number of likely N-dealkylation sites (tertiary alicyclic amines) is 1. The third-order valence-corrected chi connectivity index (χ3v) is 4.16. The van der Waals surface area contributed by atoms with Crippen LogP contribution < -0.4 is 0 Å². The summed E-state index contributed by atoms with van der Waals surface area (Å²) in [7, 11) is 0. The molecule has 1 saturated heterocycles. The number of hydrogen-bond donors (Lipinski definition) is 1. The highest BCUT2D eigenvalue weighted by Gasteiger charge is 2.21. The number of benzene rings is 1. The van der Waals surface area contributed by atoms with Crippen LogP contribution in [0.25, 0.3) is 0 Å². The van der Waals surface area contributed by atoms with E-state index in [1.807, 2.05) is 12.1 Å². The second-order valence-electron chi connectivity index (χ2n) is 5.07. The van der Waals surface area contributed by atoms with Crippen LogP contribution in [0.15, 0.2) is 24.3 Å². The second-order valence-corrected chi connectivity index (χ2v) is 5.48. The Labute approximate surface area is 127 Å². The van der Waals surface area contributed by atoms with E-state index < -0.39 is 0 Å². The molecule has 1 N–H and O–H groups in total. The maximum atomic E-state index is 8.78. The van der Waals surface area contributed by atoms with Gasteiger partial charge in [-0.1, -0.05) is 29.8 Å². The van der Waals surface area contributed by atoms with Gasteiger partial charge in [0.15, 0.2) is 0 Å². The Morgan fingerprint density at radius 1 is 1.16 bits per heavy atom. The molecule has 2 nitrogen and oxygen atoms in total. The van der Waals surface area contributed by atoms with E-state index in [1.54, 1.807) is 0 Å². The Morgan fingerprint density at radius 2 is 1.84 bits per heavy atom. The molecule has 0 amide bonds. The molecule has 1 heterocycles. The molecule has 19 heavy (non-hydrogen) atoms. The summed E-state index contributed by atoms with van der Waals surface area (Å²) in [5.41, 5.74) is 1.31. The molecule has 0 atom stereocenters. The molecule has 0 saturated carbocycles. The summed E-state index contributed by atoms with van der Waals surface area (Å²) in [5, 5.41) is 9.70. The molecule has 108 valence electrons. The molecule has 1 fully saturated rings. The van der Waals surface area contributed by atoms with Crippen LogP contribution in [0.1, 0.15) is 37.2 Å². The number of hydrogen-bond acceptors (Lipinski definition) is 2. The van der Waals surface area contributed by atoms with Crippen molar-refractivity contribution in [2.75, 3.05) is 26.2 Å². The fourth-order valence-electron chi connectivity index (χ4n) is 2.72. The summed E-state index contributed by atoms with van der Waals surface area (Å²) in [6.45, 7) is 3.74. The van der Waals surface area contributed by atoms with Gasteiger partial charge in [0.1, 0.15) is 0 Å². The second kappa shape index (κ2) is 8.80. The quantitative estimate of drug-likeness (QED) is 0.838. The van der Waals surface area contributed by atoms with Crippen LogP contribution in [0.5, 0.6) is 0 Å². The lowest BCUT2D eigenvalue weighted by Crippen LogP contribution is -2.33. The van der Waals surface area contributed by atoms with Gasteiger partial charge in [0.2, 0.25) is 0 Å². The molecular formula is C15H23Cl2NO. The van der Waals surface area contributed by atoms with Gasteiger partial charge in [0.25, 0.3) is 0 Å². The van der Waals surface area contributed by atoms with Gasteiger partial charge >= 0.3 is 0 Å². The molecule has 2 rings (SSSR count). The number of nitrogens with zero attached hydrogens (tertiary/aromatic N) is 1. The molecule has 0 radical (unpaired) electrons. The maximum absolute atomic E-state index is 8.78. The molecule has 1 aromatic rings. The number of piperidine rings is 1. The molecule has 0 unspecified atom stereocenters. The molecule has 1 aliphatic heterocycles. The van der Waals surface area contributed by atoms with E-state index in [4.69, 9.17) is 16.7 Å². The van der Waals surface area contributed by atoms with E-state index in [0.717, 1.165) is 37.5 Å². The average molecular weight is 304 g/mol. The van der Waals surface area contributed by atoms with Gasteiger partial charge in [-0.2, -0.15) is 0 Å². The first-order chi connectivity index (χ1) is 8.81. The summed E-state index contributed by atoms with van der Waals surface area (Å²) in [4.78, 5) is 2.50. The highest BCUT2D eigenvalue weighted by molar-refractivity contribution is 6.31. The lowest BCUT2D eigenvalue weighted by Gasteiger charge is -2.32. The number of unbranched alkanes of at least 4 members (excludes halogenated alkanes) is 1. The Bertz CT molecular complexity index is 365. The predicted octanol–water partition coefficient (Wildman–Crippen LogP) is 3.71. The van der Waals surface area contributed by atoms with Crippen molar-refractivity contribution in [1.29, 1.82) is 0 Å².